The van der Waals surface area contributed by atoms with E-state index in [1.807, 2.05) is 6.07 Å². The van der Waals surface area contributed by atoms with E-state index in [9.17, 15) is 0 Å². The molecule has 0 amide bonds. The van der Waals surface area contributed by atoms with Crippen molar-refractivity contribution >= 4 is 15.9 Å². The molecule has 0 spiro atoms. The average molecular weight is 342 g/mol. The van der Waals surface area contributed by atoms with Gasteiger partial charge in [0.1, 0.15) is 5.75 Å². The maximum atomic E-state index is 5.31. The van der Waals surface area contributed by atoms with Crippen LogP contribution in [0.3, 0.4) is 0 Å². The molecule has 1 unspecified atom stereocenters. The molecule has 0 saturated heterocycles. The van der Waals surface area contributed by atoms with Crippen molar-refractivity contribution in [3.05, 3.63) is 28.2 Å². The van der Waals surface area contributed by atoms with Gasteiger partial charge in [-0.1, -0.05) is 36.7 Å². The van der Waals surface area contributed by atoms with Crippen LogP contribution in [0.2, 0.25) is 0 Å². The Morgan fingerprint density at radius 3 is 2.65 bits per heavy atom. The number of halogens is 1. The van der Waals surface area contributed by atoms with Crippen molar-refractivity contribution in [3.63, 3.8) is 0 Å². The number of aryl methyl sites for hydroxylation is 1. The van der Waals surface area contributed by atoms with E-state index >= 15 is 0 Å². The molecule has 3 heteroatoms. The molecular formula is C17H28BrNO. The Hall–Kier alpha value is -0.540. The first kappa shape index (κ1) is 17.5. The second-order valence-corrected chi connectivity index (χ2v) is 6.63. The molecule has 0 aliphatic heterocycles. The van der Waals surface area contributed by atoms with Crippen LogP contribution in [0.1, 0.15) is 45.6 Å². The van der Waals surface area contributed by atoms with Gasteiger partial charge in [0.15, 0.2) is 0 Å². The molecular weight excluding hydrogens is 314 g/mol. The second kappa shape index (κ2) is 9.41. The van der Waals surface area contributed by atoms with Gasteiger partial charge in [0.05, 0.1) is 7.11 Å². The Labute approximate surface area is 132 Å². The van der Waals surface area contributed by atoms with E-state index in [0.717, 1.165) is 24.6 Å². The van der Waals surface area contributed by atoms with Gasteiger partial charge in [0, 0.05) is 10.5 Å². The van der Waals surface area contributed by atoms with Crippen LogP contribution in [-0.4, -0.2) is 19.7 Å². The molecule has 0 aliphatic carbocycles. The highest BCUT2D eigenvalue weighted by atomic mass is 79.9. The van der Waals surface area contributed by atoms with E-state index in [2.05, 4.69) is 54.2 Å². The minimum absolute atomic E-state index is 0.605. The van der Waals surface area contributed by atoms with Crippen LogP contribution in [0.25, 0.3) is 0 Å². The van der Waals surface area contributed by atoms with Crippen LogP contribution in [0.15, 0.2) is 22.7 Å². The molecule has 1 aromatic carbocycles. The van der Waals surface area contributed by atoms with Gasteiger partial charge < -0.3 is 10.1 Å². The van der Waals surface area contributed by atoms with Crippen molar-refractivity contribution < 1.29 is 4.74 Å². The third-order valence-electron chi connectivity index (χ3n) is 3.45. The summed E-state index contributed by atoms with van der Waals surface area (Å²) in [5.41, 5.74) is 1.33. The molecule has 0 aliphatic rings. The Morgan fingerprint density at radius 1 is 1.30 bits per heavy atom. The quantitative estimate of drug-likeness (QED) is 0.696. The van der Waals surface area contributed by atoms with Gasteiger partial charge in [-0.05, 0) is 61.9 Å². The Bertz CT molecular complexity index is 393. The minimum atomic E-state index is 0.605. The molecule has 2 nitrogen and oxygen atoms in total. The lowest BCUT2D eigenvalue weighted by atomic mass is 9.97. The van der Waals surface area contributed by atoms with Crippen LogP contribution in [0.5, 0.6) is 5.75 Å². The fourth-order valence-electron chi connectivity index (χ4n) is 2.42. The van der Waals surface area contributed by atoms with Crippen molar-refractivity contribution in [2.24, 2.45) is 5.92 Å². The highest BCUT2D eigenvalue weighted by Gasteiger charge is 2.11. The number of hydrogen-bond donors (Lipinski definition) is 1. The Balaban J connectivity index is 2.61. The highest BCUT2D eigenvalue weighted by molar-refractivity contribution is 9.10. The summed E-state index contributed by atoms with van der Waals surface area (Å²) in [6.45, 7) is 7.92. The zero-order chi connectivity index (χ0) is 15.0. The SMILES string of the molecule is CCCNC(CCc1cc(OC)ccc1Br)CC(C)C. The van der Waals surface area contributed by atoms with Crippen LogP contribution in [0, 0.1) is 5.92 Å². The molecule has 1 atom stereocenters. The van der Waals surface area contributed by atoms with E-state index < -0.39 is 0 Å². The number of hydrogen-bond acceptors (Lipinski definition) is 2. The number of methoxy groups -OCH3 is 1. The van der Waals surface area contributed by atoms with E-state index in [1.54, 1.807) is 7.11 Å². The van der Waals surface area contributed by atoms with Crippen molar-refractivity contribution in [1.29, 1.82) is 0 Å². The lowest BCUT2D eigenvalue weighted by Crippen LogP contribution is -2.31. The molecule has 0 bridgehead atoms. The Morgan fingerprint density at radius 2 is 2.05 bits per heavy atom. The number of nitrogens with one attached hydrogen (secondary N) is 1. The summed E-state index contributed by atoms with van der Waals surface area (Å²) in [4.78, 5) is 0. The van der Waals surface area contributed by atoms with Gasteiger partial charge in [-0.3, -0.25) is 0 Å². The largest absolute Gasteiger partial charge is 0.497 e. The predicted molar refractivity (Wildman–Crippen MR) is 90.6 cm³/mol. The van der Waals surface area contributed by atoms with E-state index in [4.69, 9.17) is 4.74 Å². The van der Waals surface area contributed by atoms with Gasteiger partial charge in [-0.15, -0.1) is 0 Å². The van der Waals surface area contributed by atoms with Crippen molar-refractivity contribution in [1.82, 2.24) is 5.32 Å². The monoisotopic (exact) mass is 341 g/mol. The smallest absolute Gasteiger partial charge is 0.119 e. The maximum Gasteiger partial charge on any atom is 0.119 e. The molecule has 0 radical (unpaired) electrons. The third kappa shape index (κ3) is 6.27. The van der Waals surface area contributed by atoms with Crippen LogP contribution in [-0.2, 0) is 6.42 Å². The summed E-state index contributed by atoms with van der Waals surface area (Å²) in [5, 5.41) is 3.67. The highest BCUT2D eigenvalue weighted by Crippen LogP contribution is 2.24. The maximum absolute atomic E-state index is 5.31. The molecule has 0 fully saturated rings. The molecule has 1 N–H and O–H groups in total. The van der Waals surface area contributed by atoms with Crippen LogP contribution in [0.4, 0.5) is 0 Å². The first-order valence-corrected chi connectivity index (χ1v) is 8.41. The van der Waals surface area contributed by atoms with Crippen molar-refractivity contribution in [3.8, 4) is 5.75 Å². The summed E-state index contributed by atoms with van der Waals surface area (Å²) in [5.74, 6) is 1.67. The summed E-state index contributed by atoms with van der Waals surface area (Å²) < 4.78 is 6.49. The van der Waals surface area contributed by atoms with Gasteiger partial charge in [-0.25, -0.2) is 0 Å². The standard InChI is InChI=1S/C17H28BrNO/c1-5-10-19-15(11-13(2)3)7-6-14-12-16(20-4)8-9-17(14)18/h8-9,12-13,15,19H,5-7,10-11H2,1-4H3. The summed E-state index contributed by atoms with van der Waals surface area (Å²) >= 11 is 3.64. The predicted octanol–water partition coefficient (Wildman–Crippen LogP) is 4.80. The molecule has 1 aromatic rings. The normalized spacial score (nSPS) is 12.7. The molecule has 0 heterocycles. The molecule has 20 heavy (non-hydrogen) atoms. The average Bonchev–Trinajstić information content (AvgIpc) is 2.42. The molecule has 1 rings (SSSR count). The van der Waals surface area contributed by atoms with Crippen molar-refractivity contribution in [2.45, 2.75) is 52.5 Å². The zero-order valence-corrected chi connectivity index (χ0v) is 14.8. The Kier molecular flexibility index (Phi) is 8.24. The molecule has 0 aromatic heterocycles. The van der Waals surface area contributed by atoms with Gasteiger partial charge in [0.2, 0.25) is 0 Å². The van der Waals surface area contributed by atoms with Crippen molar-refractivity contribution in [2.75, 3.05) is 13.7 Å². The summed E-state index contributed by atoms with van der Waals surface area (Å²) in [7, 11) is 1.72. The van der Waals surface area contributed by atoms with Gasteiger partial charge in [0.25, 0.3) is 0 Å². The third-order valence-corrected chi connectivity index (χ3v) is 4.23. The lowest BCUT2D eigenvalue weighted by molar-refractivity contribution is 0.397. The van der Waals surface area contributed by atoms with Crippen LogP contribution >= 0.6 is 15.9 Å². The van der Waals surface area contributed by atoms with Gasteiger partial charge >= 0.3 is 0 Å². The second-order valence-electron chi connectivity index (χ2n) is 5.78. The van der Waals surface area contributed by atoms with Gasteiger partial charge in [-0.2, -0.15) is 0 Å². The fraction of sp³-hybridized carbons (Fsp3) is 0.647. The first-order valence-electron chi connectivity index (χ1n) is 7.62. The summed E-state index contributed by atoms with van der Waals surface area (Å²) in [6.07, 6.45) is 4.68. The number of ether oxygens (including phenoxy) is 1. The zero-order valence-electron chi connectivity index (χ0n) is 13.2. The van der Waals surface area contributed by atoms with E-state index in [-0.39, 0.29) is 0 Å². The lowest BCUT2D eigenvalue weighted by Gasteiger charge is -2.21. The number of rotatable bonds is 9. The molecule has 114 valence electrons. The molecule has 0 saturated carbocycles. The topological polar surface area (TPSA) is 21.3 Å². The first-order chi connectivity index (χ1) is 9.56. The van der Waals surface area contributed by atoms with E-state index in [0.29, 0.717) is 6.04 Å². The minimum Gasteiger partial charge on any atom is -0.497 e. The van der Waals surface area contributed by atoms with Crippen LogP contribution < -0.4 is 10.1 Å². The fourth-order valence-corrected chi connectivity index (χ4v) is 2.87. The summed E-state index contributed by atoms with van der Waals surface area (Å²) in [6, 6.07) is 6.81. The van der Waals surface area contributed by atoms with E-state index in [1.165, 1.54) is 29.3 Å². The number of benzene rings is 1.